The Morgan fingerprint density at radius 2 is 2.24 bits per heavy atom. The third-order valence-corrected chi connectivity index (χ3v) is 3.42. The lowest BCUT2D eigenvalue weighted by atomic mass is 9.73. The van der Waals surface area contributed by atoms with Gasteiger partial charge in [-0.25, -0.2) is 4.39 Å². The van der Waals surface area contributed by atoms with E-state index in [4.69, 9.17) is 10.5 Å². The smallest absolute Gasteiger partial charge is 0.168 e. The SMILES string of the molecule is COc1cccc(CC(=O)C2(N)CCC2)c1F. The topological polar surface area (TPSA) is 52.3 Å². The molecule has 0 amide bonds. The van der Waals surface area contributed by atoms with Gasteiger partial charge in [-0.05, 0) is 30.9 Å². The number of ketones is 1. The van der Waals surface area contributed by atoms with Crippen molar-refractivity contribution in [3.63, 3.8) is 0 Å². The van der Waals surface area contributed by atoms with Crippen molar-refractivity contribution in [1.29, 1.82) is 0 Å². The number of halogens is 1. The van der Waals surface area contributed by atoms with Crippen LogP contribution >= 0.6 is 0 Å². The molecule has 1 fully saturated rings. The van der Waals surface area contributed by atoms with Crippen LogP contribution in [0.15, 0.2) is 18.2 Å². The number of nitrogens with two attached hydrogens (primary N) is 1. The Labute approximate surface area is 99.8 Å². The molecule has 1 aliphatic carbocycles. The molecule has 0 heterocycles. The minimum absolute atomic E-state index is 0.0412. The summed E-state index contributed by atoms with van der Waals surface area (Å²) in [6.45, 7) is 0. The molecule has 92 valence electrons. The number of carbonyl (C=O) groups excluding carboxylic acids is 1. The summed E-state index contributed by atoms with van der Waals surface area (Å²) in [4.78, 5) is 11.9. The molecule has 1 aliphatic rings. The molecule has 0 aliphatic heterocycles. The zero-order valence-corrected chi connectivity index (χ0v) is 9.83. The first-order chi connectivity index (χ1) is 8.07. The third-order valence-electron chi connectivity index (χ3n) is 3.42. The largest absolute Gasteiger partial charge is 0.494 e. The van der Waals surface area contributed by atoms with Gasteiger partial charge in [-0.1, -0.05) is 12.1 Å². The van der Waals surface area contributed by atoms with E-state index in [0.29, 0.717) is 18.4 Å². The quantitative estimate of drug-likeness (QED) is 0.869. The highest BCUT2D eigenvalue weighted by atomic mass is 19.1. The predicted molar refractivity (Wildman–Crippen MR) is 62.4 cm³/mol. The van der Waals surface area contributed by atoms with E-state index in [-0.39, 0.29) is 18.0 Å². The van der Waals surface area contributed by atoms with Crippen LogP contribution in [0.2, 0.25) is 0 Å². The molecule has 0 unspecified atom stereocenters. The van der Waals surface area contributed by atoms with E-state index in [1.807, 2.05) is 0 Å². The molecular formula is C13H16FNO2. The normalized spacial score (nSPS) is 17.4. The number of hydrogen-bond donors (Lipinski definition) is 1. The molecule has 0 bridgehead atoms. The zero-order valence-electron chi connectivity index (χ0n) is 9.83. The molecule has 4 heteroatoms. The summed E-state index contributed by atoms with van der Waals surface area (Å²) >= 11 is 0. The molecule has 0 aromatic heterocycles. The second-order valence-electron chi connectivity index (χ2n) is 4.54. The average molecular weight is 237 g/mol. The third kappa shape index (κ3) is 2.17. The summed E-state index contributed by atoms with van der Waals surface area (Å²) in [6.07, 6.45) is 2.43. The van der Waals surface area contributed by atoms with Gasteiger partial charge >= 0.3 is 0 Å². The highest BCUT2D eigenvalue weighted by Gasteiger charge is 2.39. The predicted octanol–water partition coefficient (Wildman–Crippen LogP) is 1.83. The monoisotopic (exact) mass is 237 g/mol. The van der Waals surface area contributed by atoms with Gasteiger partial charge in [0, 0.05) is 6.42 Å². The minimum atomic E-state index is -0.727. The summed E-state index contributed by atoms with van der Waals surface area (Å²) < 4.78 is 18.7. The Morgan fingerprint density at radius 1 is 1.53 bits per heavy atom. The van der Waals surface area contributed by atoms with E-state index < -0.39 is 11.4 Å². The van der Waals surface area contributed by atoms with Gasteiger partial charge in [-0.3, -0.25) is 4.79 Å². The highest BCUT2D eigenvalue weighted by Crippen LogP contribution is 2.31. The van der Waals surface area contributed by atoms with Crippen LogP contribution in [0.25, 0.3) is 0 Å². The fourth-order valence-electron chi connectivity index (χ4n) is 2.04. The maximum absolute atomic E-state index is 13.8. The van der Waals surface area contributed by atoms with Gasteiger partial charge in [0.2, 0.25) is 0 Å². The maximum atomic E-state index is 13.8. The Balaban J connectivity index is 2.16. The van der Waals surface area contributed by atoms with Crippen LogP contribution in [0.1, 0.15) is 24.8 Å². The molecule has 2 N–H and O–H groups in total. The van der Waals surface area contributed by atoms with E-state index in [1.165, 1.54) is 13.2 Å². The Kier molecular flexibility index (Phi) is 3.15. The van der Waals surface area contributed by atoms with Gasteiger partial charge in [0.25, 0.3) is 0 Å². The fraction of sp³-hybridized carbons (Fsp3) is 0.462. The number of carbonyl (C=O) groups is 1. The summed E-state index contributed by atoms with van der Waals surface area (Å²) in [5.41, 5.74) is 5.54. The van der Waals surface area contributed by atoms with E-state index in [9.17, 15) is 9.18 Å². The summed E-state index contributed by atoms with van der Waals surface area (Å²) in [7, 11) is 1.40. The van der Waals surface area contributed by atoms with Crippen molar-refractivity contribution in [1.82, 2.24) is 0 Å². The Bertz CT molecular complexity index is 441. The number of hydrogen-bond acceptors (Lipinski definition) is 3. The molecule has 1 saturated carbocycles. The van der Waals surface area contributed by atoms with E-state index in [1.54, 1.807) is 12.1 Å². The highest BCUT2D eigenvalue weighted by molar-refractivity contribution is 5.90. The second kappa shape index (κ2) is 4.45. The van der Waals surface area contributed by atoms with Crippen LogP contribution in [0.4, 0.5) is 4.39 Å². The zero-order chi connectivity index (χ0) is 12.5. The van der Waals surface area contributed by atoms with Crippen molar-refractivity contribution in [2.75, 3.05) is 7.11 Å². The van der Waals surface area contributed by atoms with Crippen LogP contribution in [0, 0.1) is 5.82 Å². The van der Waals surface area contributed by atoms with E-state index in [2.05, 4.69) is 0 Å². The second-order valence-corrected chi connectivity index (χ2v) is 4.54. The molecule has 3 nitrogen and oxygen atoms in total. The lowest BCUT2D eigenvalue weighted by molar-refractivity contribution is -0.126. The van der Waals surface area contributed by atoms with Gasteiger partial charge in [0.15, 0.2) is 17.3 Å². The maximum Gasteiger partial charge on any atom is 0.168 e. The van der Waals surface area contributed by atoms with Crippen molar-refractivity contribution < 1.29 is 13.9 Å². The summed E-state index contributed by atoms with van der Waals surface area (Å²) in [5.74, 6) is -0.392. The van der Waals surface area contributed by atoms with Gasteiger partial charge < -0.3 is 10.5 Å². The molecule has 1 aromatic carbocycles. The van der Waals surface area contributed by atoms with Gasteiger partial charge in [0.1, 0.15) is 0 Å². The van der Waals surface area contributed by atoms with Crippen LogP contribution < -0.4 is 10.5 Å². The Hall–Kier alpha value is -1.42. The van der Waals surface area contributed by atoms with Crippen LogP contribution in [0.3, 0.4) is 0 Å². The standard InChI is InChI=1S/C13H16FNO2/c1-17-10-5-2-4-9(12(10)14)8-11(16)13(15)6-3-7-13/h2,4-5H,3,6-8,15H2,1H3. The number of ether oxygens (including phenoxy) is 1. The first-order valence-electron chi connectivity index (χ1n) is 5.70. The number of benzene rings is 1. The molecule has 2 rings (SSSR count). The molecule has 17 heavy (non-hydrogen) atoms. The van der Waals surface area contributed by atoms with Crippen LogP contribution in [0.5, 0.6) is 5.75 Å². The molecule has 0 atom stereocenters. The van der Waals surface area contributed by atoms with Crippen LogP contribution in [-0.2, 0) is 11.2 Å². The van der Waals surface area contributed by atoms with E-state index >= 15 is 0 Å². The van der Waals surface area contributed by atoms with Gasteiger partial charge in [-0.15, -0.1) is 0 Å². The van der Waals surface area contributed by atoms with Crippen molar-refractivity contribution in [2.45, 2.75) is 31.2 Å². The number of rotatable bonds is 4. The van der Waals surface area contributed by atoms with Gasteiger partial charge in [0.05, 0.1) is 12.6 Å². The van der Waals surface area contributed by atoms with Crippen molar-refractivity contribution >= 4 is 5.78 Å². The van der Waals surface area contributed by atoms with Crippen molar-refractivity contribution in [2.24, 2.45) is 5.73 Å². The van der Waals surface area contributed by atoms with Crippen molar-refractivity contribution in [3.05, 3.63) is 29.6 Å². The minimum Gasteiger partial charge on any atom is -0.494 e. The number of methoxy groups -OCH3 is 1. The lowest BCUT2D eigenvalue weighted by Crippen LogP contribution is -2.54. The molecule has 0 saturated heterocycles. The summed E-state index contributed by atoms with van der Waals surface area (Å²) in [6, 6.07) is 4.80. The van der Waals surface area contributed by atoms with Crippen LogP contribution in [-0.4, -0.2) is 18.4 Å². The fourth-order valence-corrected chi connectivity index (χ4v) is 2.04. The molecule has 0 radical (unpaired) electrons. The molecule has 1 aromatic rings. The molecule has 0 spiro atoms. The Morgan fingerprint density at radius 3 is 2.76 bits per heavy atom. The van der Waals surface area contributed by atoms with Gasteiger partial charge in [-0.2, -0.15) is 0 Å². The van der Waals surface area contributed by atoms with Crippen molar-refractivity contribution in [3.8, 4) is 5.75 Å². The lowest BCUT2D eigenvalue weighted by Gasteiger charge is -2.36. The first-order valence-corrected chi connectivity index (χ1v) is 5.70. The molecular weight excluding hydrogens is 221 g/mol. The van der Waals surface area contributed by atoms with E-state index in [0.717, 1.165) is 6.42 Å². The average Bonchev–Trinajstić information content (AvgIpc) is 2.28. The first kappa shape index (κ1) is 12.0. The number of Topliss-reactive ketones (excluding diaryl/α,β-unsaturated/α-hetero) is 1. The summed E-state index contributed by atoms with van der Waals surface area (Å²) in [5, 5.41) is 0.